The molecule has 4 heteroatoms. The predicted octanol–water partition coefficient (Wildman–Crippen LogP) is 1.39. The van der Waals surface area contributed by atoms with Crippen LogP contribution in [-0.4, -0.2) is 11.0 Å². The number of rotatable bonds is 3. The highest BCUT2D eigenvalue weighted by atomic mass is 16.3. The van der Waals surface area contributed by atoms with E-state index in [4.69, 9.17) is 5.73 Å². The highest BCUT2D eigenvalue weighted by molar-refractivity contribution is 5.79. The normalized spacial score (nSPS) is 15.5. The summed E-state index contributed by atoms with van der Waals surface area (Å²) >= 11 is 0. The summed E-state index contributed by atoms with van der Waals surface area (Å²) in [6.45, 7) is 0.339. The molecule has 0 heterocycles. The molecule has 1 aromatic carbocycles. The quantitative estimate of drug-likeness (QED) is 0.532. The molecule has 0 bridgehead atoms. The zero-order chi connectivity index (χ0) is 11.5. The van der Waals surface area contributed by atoms with Crippen LogP contribution in [0.25, 0.3) is 0 Å². The minimum absolute atomic E-state index is 0.0769. The number of hydrogen-bond acceptors (Lipinski definition) is 3. The second-order valence-corrected chi connectivity index (χ2v) is 4.23. The SMILES string of the molecule is Nc1ccc(O)c(CNC(=O)C2CCC2)c1. The van der Waals surface area contributed by atoms with Gasteiger partial charge in [-0.05, 0) is 31.0 Å². The highest BCUT2D eigenvalue weighted by Gasteiger charge is 2.24. The van der Waals surface area contributed by atoms with Crippen molar-refractivity contribution in [1.29, 1.82) is 0 Å². The van der Waals surface area contributed by atoms with Gasteiger partial charge in [0, 0.05) is 23.7 Å². The number of benzene rings is 1. The zero-order valence-corrected chi connectivity index (χ0v) is 9.07. The summed E-state index contributed by atoms with van der Waals surface area (Å²) in [6, 6.07) is 4.85. The Morgan fingerprint density at radius 1 is 1.50 bits per heavy atom. The van der Waals surface area contributed by atoms with E-state index in [1.807, 2.05) is 0 Å². The fourth-order valence-corrected chi connectivity index (χ4v) is 1.74. The van der Waals surface area contributed by atoms with Crippen LogP contribution in [0.15, 0.2) is 18.2 Å². The van der Waals surface area contributed by atoms with Gasteiger partial charge in [-0.2, -0.15) is 0 Å². The van der Waals surface area contributed by atoms with Crippen molar-refractivity contribution in [2.75, 3.05) is 5.73 Å². The number of amides is 1. The molecule has 1 amide bonds. The fourth-order valence-electron chi connectivity index (χ4n) is 1.74. The van der Waals surface area contributed by atoms with E-state index < -0.39 is 0 Å². The number of carbonyl (C=O) groups is 1. The van der Waals surface area contributed by atoms with Crippen LogP contribution in [-0.2, 0) is 11.3 Å². The smallest absolute Gasteiger partial charge is 0.223 e. The number of nitrogens with one attached hydrogen (secondary N) is 1. The Morgan fingerprint density at radius 2 is 2.25 bits per heavy atom. The number of nitrogens with two attached hydrogens (primary N) is 1. The number of aromatic hydroxyl groups is 1. The first-order chi connectivity index (χ1) is 7.66. The molecule has 4 nitrogen and oxygen atoms in total. The van der Waals surface area contributed by atoms with Gasteiger partial charge in [0.25, 0.3) is 0 Å². The summed E-state index contributed by atoms with van der Waals surface area (Å²) in [6.07, 6.45) is 3.10. The van der Waals surface area contributed by atoms with Crippen LogP contribution in [0, 0.1) is 5.92 Å². The lowest BCUT2D eigenvalue weighted by molar-refractivity contribution is -0.127. The van der Waals surface area contributed by atoms with E-state index in [1.165, 1.54) is 0 Å². The Hall–Kier alpha value is -1.71. The van der Waals surface area contributed by atoms with Gasteiger partial charge in [0.1, 0.15) is 5.75 Å². The molecule has 0 aliphatic heterocycles. The predicted molar refractivity (Wildman–Crippen MR) is 61.7 cm³/mol. The molecule has 0 atom stereocenters. The van der Waals surface area contributed by atoms with Gasteiger partial charge in [0.15, 0.2) is 0 Å². The maximum absolute atomic E-state index is 11.6. The van der Waals surface area contributed by atoms with Crippen molar-refractivity contribution in [2.24, 2.45) is 5.92 Å². The van der Waals surface area contributed by atoms with Gasteiger partial charge >= 0.3 is 0 Å². The molecule has 0 saturated heterocycles. The van der Waals surface area contributed by atoms with Crippen molar-refractivity contribution in [1.82, 2.24) is 5.32 Å². The van der Waals surface area contributed by atoms with Crippen molar-refractivity contribution in [3.63, 3.8) is 0 Å². The molecule has 1 aliphatic rings. The maximum atomic E-state index is 11.6. The average Bonchev–Trinajstić information content (AvgIpc) is 2.17. The topological polar surface area (TPSA) is 75.3 Å². The van der Waals surface area contributed by atoms with E-state index in [0.717, 1.165) is 19.3 Å². The summed E-state index contributed by atoms with van der Waals surface area (Å²) in [7, 11) is 0. The molecule has 1 aliphatic carbocycles. The van der Waals surface area contributed by atoms with E-state index in [0.29, 0.717) is 17.8 Å². The van der Waals surface area contributed by atoms with E-state index in [9.17, 15) is 9.90 Å². The van der Waals surface area contributed by atoms with Crippen LogP contribution < -0.4 is 11.1 Å². The second kappa shape index (κ2) is 4.43. The number of carbonyl (C=O) groups excluding carboxylic acids is 1. The van der Waals surface area contributed by atoms with Gasteiger partial charge < -0.3 is 16.2 Å². The van der Waals surface area contributed by atoms with Crippen LogP contribution in [0.5, 0.6) is 5.75 Å². The van der Waals surface area contributed by atoms with Crippen molar-refractivity contribution in [3.05, 3.63) is 23.8 Å². The monoisotopic (exact) mass is 220 g/mol. The molecule has 0 aromatic heterocycles. The molecule has 1 fully saturated rings. The van der Waals surface area contributed by atoms with Gasteiger partial charge in [-0.25, -0.2) is 0 Å². The molecule has 0 spiro atoms. The molecule has 0 unspecified atom stereocenters. The third kappa shape index (κ3) is 2.27. The Kier molecular flexibility index (Phi) is 2.99. The van der Waals surface area contributed by atoms with E-state index in [1.54, 1.807) is 18.2 Å². The van der Waals surface area contributed by atoms with Gasteiger partial charge in [-0.15, -0.1) is 0 Å². The lowest BCUT2D eigenvalue weighted by atomic mass is 9.85. The van der Waals surface area contributed by atoms with Crippen molar-refractivity contribution in [3.8, 4) is 5.75 Å². The molecule has 1 saturated carbocycles. The van der Waals surface area contributed by atoms with Gasteiger partial charge in [-0.3, -0.25) is 4.79 Å². The zero-order valence-electron chi connectivity index (χ0n) is 9.07. The maximum Gasteiger partial charge on any atom is 0.223 e. The summed E-state index contributed by atoms with van der Waals surface area (Å²) in [4.78, 5) is 11.6. The van der Waals surface area contributed by atoms with Crippen molar-refractivity contribution in [2.45, 2.75) is 25.8 Å². The summed E-state index contributed by atoms with van der Waals surface area (Å²) < 4.78 is 0. The van der Waals surface area contributed by atoms with E-state index in [-0.39, 0.29) is 17.6 Å². The first-order valence-electron chi connectivity index (χ1n) is 5.52. The summed E-state index contributed by atoms with van der Waals surface area (Å²) in [5, 5.41) is 12.4. The largest absolute Gasteiger partial charge is 0.508 e. The van der Waals surface area contributed by atoms with E-state index in [2.05, 4.69) is 5.32 Å². The van der Waals surface area contributed by atoms with E-state index >= 15 is 0 Å². The summed E-state index contributed by atoms with van der Waals surface area (Å²) in [5.41, 5.74) is 6.86. The Morgan fingerprint density at radius 3 is 2.88 bits per heavy atom. The first-order valence-corrected chi connectivity index (χ1v) is 5.52. The molecule has 1 aromatic rings. The summed E-state index contributed by atoms with van der Waals surface area (Å²) in [5.74, 6) is 0.416. The second-order valence-electron chi connectivity index (χ2n) is 4.23. The molecule has 16 heavy (non-hydrogen) atoms. The lowest BCUT2D eigenvalue weighted by Gasteiger charge is -2.24. The average molecular weight is 220 g/mol. The third-order valence-corrected chi connectivity index (χ3v) is 3.03. The third-order valence-electron chi connectivity index (χ3n) is 3.03. The number of nitrogen functional groups attached to an aromatic ring is 1. The molecule has 0 radical (unpaired) electrons. The number of hydrogen-bond donors (Lipinski definition) is 3. The number of phenols is 1. The molecular weight excluding hydrogens is 204 g/mol. The van der Waals surface area contributed by atoms with Crippen LogP contribution in [0.3, 0.4) is 0 Å². The van der Waals surface area contributed by atoms with Crippen LogP contribution in [0.2, 0.25) is 0 Å². The van der Waals surface area contributed by atoms with Crippen LogP contribution in [0.1, 0.15) is 24.8 Å². The standard InChI is InChI=1S/C12H16N2O2/c13-10-4-5-11(15)9(6-10)7-14-12(16)8-2-1-3-8/h4-6,8,15H,1-3,7,13H2,(H,14,16). The Bertz CT molecular complexity index is 400. The number of anilines is 1. The molecule has 4 N–H and O–H groups in total. The highest BCUT2D eigenvalue weighted by Crippen LogP contribution is 2.26. The van der Waals surface area contributed by atoms with Crippen molar-refractivity contribution >= 4 is 11.6 Å². The molecular formula is C12H16N2O2. The molecule has 2 rings (SSSR count). The lowest BCUT2D eigenvalue weighted by Crippen LogP contribution is -2.33. The molecule has 86 valence electrons. The Balaban J connectivity index is 1.93. The van der Waals surface area contributed by atoms with Crippen molar-refractivity contribution < 1.29 is 9.90 Å². The van der Waals surface area contributed by atoms with Crippen LogP contribution >= 0.6 is 0 Å². The minimum Gasteiger partial charge on any atom is -0.508 e. The Labute approximate surface area is 94.5 Å². The van der Waals surface area contributed by atoms with Gasteiger partial charge in [0.05, 0.1) is 0 Å². The number of phenolic OH excluding ortho intramolecular Hbond substituents is 1. The van der Waals surface area contributed by atoms with Crippen LogP contribution in [0.4, 0.5) is 5.69 Å². The van der Waals surface area contributed by atoms with Gasteiger partial charge in [-0.1, -0.05) is 6.42 Å². The fraction of sp³-hybridized carbons (Fsp3) is 0.417. The van der Waals surface area contributed by atoms with Gasteiger partial charge in [0.2, 0.25) is 5.91 Å². The first kappa shape index (κ1) is 10.8. The minimum atomic E-state index is 0.0769.